The Morgan fingerprint density at radius 2 is 1.96 bits per heavy atom. The molecule has 2 fully saturated rings. The lowest BCUT2D eigenvalue weighted by molar-refractivity contribution is -0.165. The summed E-state index contributed by atoms with van der Waals surface area (Å²) in [6.07, 6.45) is 1.34. The number of carboxylic acids is 1. The van der Waals surface area contributed by atoms with Crippen molar-refractivity contribution in [3.8, 4) is 0 Å². The quantitative estimate of drug-likeness (QED) is 0.518. The van der Waals surface area contributed by atoms with Gasteiger partial charge in [-0.3, -0.25) is 0 Å². The van der Waals surface area contributed by atoms with E-state index in [9.17, 15) is 20.1 Å². The summed E-state index contributed by atoms with van der Waals surface area (Å²) in [6.45, 7) is 3.84. The molecule has 0 radical (unpaired) electrons. The maximum Gasteiger partial charge on any atom is 0.328 e. The molecule has 1 saturated heterocycles. The average molecular weight is 328 g/mol. The molecule has 1 aliphatic heterocycles. The first-order valence-electron chi connectivity index (χ1n) is 8.33. The topological polar surface area (TPSA) is 107 Å². The van der Waals surface area contributed by atoms with Crippen molar-refractivity contribution < 1.29 is 30.0 Å². The lowest BCUT2D eigenvalue weighted by atomic mass is 9.86. The summed E-state index contributed by atoms with van der Waals surface area (Å²) in [6, 6.07) is 0. The number of aliphatic carboxylic acids is 1. The molecule has 0 bridgehead atoms. The van der Waals surface area contributed by atoms with Gasteiger partial charge in [0, 0.05) is 12.0 Å². The van der Waals surface area contributed by atoms with E-state index in [0.717, 1.165) is 25.3 Å². The van der Waals surface area contributed by atoms with Gasteiger partial charge < -0.3 is 25.2 Å². The molecule has 2 rings (SSSR count). The second-order valence-electron chi connectivity index (χ2n) is 7.22. The summed E-state index contributed by atoms with van der Waals surface area (Å²) in [5, 5.41) is 38.7. The Labute approximate surface area is 136 Å². The van der Waals surface area contributed by atoms with Crippen molar-refractivity contribution in [2.45, 2.75) is 63.9 Å². The lowest BCUT2D eigenvalue weighted by Gasteiger charge is -2.38. The predicted molar refractivity (Wildman–Crippen MR) is 83.8 cm³/mol. The highest BCUT2D eigenvalue weighted by molar-refractivity contribution is 5.80. The van der Waals surface area contributed by atoms with E-state index in [4.69, 9.17) is 9.84 Å². The van der Waals surface area contributed by atoms with Crippen molar-refractivity contribution in [1.82, 2.24) is 0 Å². The first kappa shape index (κ1) is 18.4. The molecule has 1 saturated carbocycles. The van der Waals surface area contributed by atoms with Crippen LogP contribution in [0.5, 0.6) is 0 Å². The third kappa shape index (κ3) is 5.28. The van der Waals surface area contributed by atoms with Crippen LogP contribution in [0.25, 0.3) is 0 Å². The summed E-state index contributed by atoms with van der Waals surface area (Å²) in [5.41, 5.74) is 0.603. The highest BCUT2D eigenvalue weighted by Crippen LogP contribution is 2.47. The molecule has 0 aromatic carbocycles. The van der Waals surface area contributed by atoms with Crippen LogP contribution in [-0.2, 0) is 9.53 Å². The molecular weight excluding hydrogens is 300 g/mol. The Bertz CT molecular complexity index is 446. The molecule has 0 amide bonds. The lowest BCUT2D eigenvalue weighted by Crippen LogP contribution is -2.50. The van der Waals surface area contributed by atoms with Crippen molar-refractivity contribution in [3.63, 3.8) is 0 Å². The van der Waals surface area contributed by atoms with Crippen LogP contribution in [0.1, 0.15) is 39.5 Å². The highest BCUT2D eigenvalue weighted by Gasteiger charge is 2.44. The average Bonchev–Trinajstić information content (AvgIpc) is 3.14. The van der Waals surface area contributed by atoms with E-state index in [-0.39, 0.29) is 12.0 Å². The van der Waals surface area contributed by atoms with Gasteiger partial charge in [-0.15, -0.1) is 0 Å². The van der Waals surface area contributed by atoms with Crippen LogP contribution in [0.3, 0.4) is 0 Å². The molecule has 0 aromatic heterocycles. The van der Waals surface area contributed by atoms with Crippen LogP contribution in [0.4, 0.5) is 0 Å². The molecule has 2 aliphatic rings. The Hall–Kier alpha value is -0.950. The van der Waals surface area contributed by atoms with Gasteiger partial charge in [0.1, 0.15) is 6.10 Å². The smallest absolute Gasteiger partial charge is 0.328 e. The summed E-state index contributed by atoms with van der Waals surface area (Å²) in [4.78, 5) is 10.6. The minimum atomic E-state index is -1.02. The zero-order chi connectivity index (χ0) is 17.1. The van der Waals surface area contributed by atoms with Crippen molar-refractivity contribution in [3.05, 3.63) is 11.6 Å². The molecule has 1 heterocycles. The fourth-order valence-corrected chi connectivity index (χ4v) is 3.63. The zero-order valence-electron chi connectivity index (χ0n) is 13.8. The van der Waals surface area contributed by atoms with Crippen molar-refractivity contribution in [1.29, 1.82) is 0 Å². The number of ether oxygens (including phenoxy) is 1. The van der Waals surface area contributed by atoms with Crippen LogP contribution in [0.15, 0.2) is 11.6 Å². The first-order chi connectivity index (χ1) is 10.8. The number of hydrogen-bond acceptors (Lipinski definition) is 5. The SMILES string of the molecule is C/C(=C\C(=O)O)C[C@@H]1OC[C@H](C[C@@H]2C[C@H]2C[C@H](C)O)[C@@H](O)[C@H]1O. The fourth-order valence-electron chi connectivity index (χ4n) is 3.63. The molecule has 1 aliphatic carbocycles. The number of hydrogen-bond donors (Lipinski definition) is 4. The molecule has 7 atom stereocenters. The highest BCUT2D eigenvalue weighted by atomic mass is 16.5. The van der Waals surface area contributed by atoms with Crippen LogP contribution >= 0.6 is 0 Å². The van der Waals surface area contributed by atoms with Crippen LogP contribution in [0, 0.1) is 17.8 Å². The molecular formula is C17H28O6. The van der Waals surface area contributed by atoms with Crippen LogP contribution < -0.4 is 0 Å². The molecule has 0 spiro atoms. The maximum atomic E-state index is 10.6. The van der Waals surface area contributed by atoms with E-state index in [1.165, 1.54) is 0 Å². The third-order valence-electron chi connectivity index (χ3n) is 4.95. The van der Waals surface area contributed by atoms with E-state index in [0.29, 0.717) is 30.4 Å². The van der Waals surface area contributed by atoms with E-state index in [2.05, 4.69) is 0 Å². The van der Waals surface area contributed by atoms with Gasteiger partial charge in [0.05, 0.1) is 24.9 Å². The number of carbonyl (C=O) groups is 1. The molecule has 0 aromatic rings. The summed E-state index contributed by atoms with van der Waals surface area (Å²) in [7, 11) is 0. The first-order valence-corrected chi connectivity index (χ1v) is 8.33. The molecule has 0 unspecified atom stereocenters. The van der Waals surface area contributed by atoms with Gasteiger partial charge in [-0.1, -0.05) is 5.57 Å². The molecule has 132 valence electrons. The Kier molecular flexibility index (Phi) is 6.19. The second kappa shape index (κ2) is 7.75. The number of aliphatic hydroxyl groups excluding tert-OH is 3. The van der Waals surface area contributed by atoms with Crippen LogP contribution in [-0.4, -0.2) is 57.4 Å². The van der Waals surface area contributed by atoms with E-state index < -0.39 is 24.3 Å². The molecule has 6 heteroatoms. The van der Waals surface area contributed by atoms with Crippen molar-refractivity contribution >= 4 is 5.97 Å². The summed E-state index contributed by atoms with van der Waals surface area (Å²) >= 11 is 0. The van der Waals surface area contributed by atoms with Gasteiger partial charge in [0.2, 0.25) is 0 Å². The predicted octanol–water partition coefficient (Wildman–Crippen LogP) is 0.941. The monoisotopic (exact) mass is 328 g/mol. The normalized spacial score (nSPS) is 39.1. The molecule has 6 nitrogen and oxygen atoms in total. The largest absolute Gasteiger partial charge is 0.478 e. The van der Waals surface area contributed by atoms with E-state index in [1.54, 1.807) is 13.8 Å². The Balaban J connectivity index is 1.82. The number of carboxylic acid groups (broad SMARTS) is 1. The minimum absolute atomic E-state index is 0.103. The van der Waals surface area contributed by atoms with Gasteiger partial charge >= 0.3 is 5.97 Å². The number of aliphatic hydroxyl groups is 3. The molecule has 23 heavy (non-hydrogen) atoms. The molecule has 4 N–H and O–H groups in total. The maximum absolute atomic E-state index is 10.6. The van der Waals surface area contributed by atoms with Crippen molar-refractivity contribution in [2.24, 2.45) is 17.8 Å². The Morgan fingerprint density at radius 3 is 2.57 bits per heavy atom. The minimum Gasteiger partial charge on any atom is -0.478 e. The number of rotatable bonds is 7. The van der Waals surface area contributed by atoms with Gasteiger partial charge in [-0.25, -0.2) is 4.79 Å². The van der Waals surface area contributed by atoms with Gasteiger partial charge in [-0.2, -0.15) is 0 Å². The zero-order valence-corrected chi connectivity index (χ0v) is 13.8. The standard InChI is InChI=1S/C17H28O6/c1-9(4-15(19)20)3-14-17(22)16(21)13(8-23-14)7-12-6-11(12)5-10(2)18/h4,10-14,16-18,21-22H,3,5-8H2,1-2H3,(H,19,20)/b9-4+/t10-,11+,12-,13-,14-,16+,17-/m0/s1. The third-order valence-corrected chi connectivity index (χ3v) is 4.95. The van der Waals surface area contributed by atoms with Gasteiger partial charge in [0.25, 0.3) is 0 Å². The second-order valence-corrected chi connectivity index (χ2v) is 7.22. The van der Waals surface area contributed by atoms with Gasteiger partial charge in [0.15, 0.2) is 0 Å². The van der Waals surface area contributed by atoms with Crippen molar-refractivity contribution in [2.75, 3.05) is 6.61 Å². The van der Waals surface area contributed by atoms with E-state index >= 15 is 0 Å². The Morgan fingerprint density at radius 1 is 1.26 bits per heavy atom. The van der Waals surface area contributed by atoms with Gasteiger partial charge in [-0.05, 0) is 51.4 Å². The summed E-state index contributed by atoms with van der Waals surface area (Å²) < 4.78 is 5.68. The summed E-state index contributed by atoms with van der Waals surface area (Å²) in [5.74, 6) is -0.124. The fraction of sp³-hybridized carbons (Fsp3) is 0.824. The van der Waals surface area contributed by atoms with E-state index in [1.807, 2.05) is 0 Å². The van der Waals surface area contributed by atoms with Crippen LogP contribution in [0.2, 0.25) is 0 Å².